The highest BCUT2D eigenvalue weighted by atomic mass is 16.2. The largest absolute Gasteiger partial charge is 0.331 e. The lowest BCUT2D eigenvalue weighted by molar-refractivity contribution is 0.601. The van der Waals surface area contributed by atoms with Gasteiger partial charge in [-0.3, -0.25) is 13.9 Å². The number of fused-ring (bicyclic) bond motifs is 1. The average molecular weight is 295 g/mol. The van der Waals surface area contributed by atoms with Crippen LogP contribution in [0.5, 0.6) is 0 Å². The van der Waals surface area contributed by atoms with Gasteiger partial charge in [-0.2, -0.15) is 5.26 Å². The standard InChI is InChI=1S/C17H17N3O2/c1-11-5-6-12(2)13(8-11)10-20-16(21)14(9-18)15-4-3-7-19(15)17(20)22/h5-6,8H,3-4,7,10H2,1-2H3. The quantitative estimate of drug-likeness (QED) is 0.843. The molecule has 0 unspecified atom stereocenters. The molecule has 0 aliphatic carbocycles. The second kappa shape index (κ2) is 5.30. The molecule has 0 fully saturated rings. The van der Waals surface area contributed by atoms with Crippen LogP contribution in [0.15, 0.2) is 27.8 Å². The molecular formula is C17H17N3O2. The number of hydrogen-bond acceptors (Lipinski definition) is 3. The van der Waals surface area contributed by atoms with Crippen molar-refractivity contribution in [1.82, 2.24) is 9.13 Å². The molecule has 112 valence electrons. The first-order valence-corrected chi connectivity index (χ1v) is 7.35. The third-order valence-corrected chi connectivity index (χ3v) is 4.28. The molecule has 3 rings (SSSR count). The Morgan fingerprint density at radius 3 is 2.77 bits per heavy atom. The number of aromatic nitrogens is 2. The van der Waals surface area contributed by atoms with Gasteiger partial charge in [0.1, 0.15) is 11.6 Å². The molecule has 1 aliphatic heterocycles. The highest BCUT2D eigenvalue weighted by Gasteiger charge is 2.22. The lowest BCUT2D eigenvalue weighted by Gasteiger charge is -2.12. The summed E-state index contributed by atoms with van der Waals surface area (Å²) in [6.45, 7) is 4.72. The van der Waals surface area contributed by atoms with E-state index in [0.717, 1.165) is 23.1 Å². The Labute approximate surface area is 128 Å². The molecule has 2 heterocycles. The van der Waals surface area contributed by atoms with Gasteiger partial charge in [0.05, 0.1) is 6.54 Å². The van der Waals surface area contributed by atoms with Gasteiger partial charge in [0, 0.05) is 12.2 Å². The van der Waals surface area contributed by atoms with Gasteiger partial charge >= 0.3 is 5.69 Å². The normalized spacial score (nSPS) is 13.0. The lowest BCUT2D eigenvalue weighted by atomic mass is 10.1. The Balaban J connectivity index is 2.21. The van der Waals surface area contributed by atoms with E-state index >= 15 is 0 Å². The predicted octanol–water partition coefficient (Wildman–Crippen LogP) is 1.49. The first-order chi connectivity index (χ1) is 10.5. The van der Waals surface area contributed by atoms with Crippen LogP contribution in [-0.4, -0.2) is 9.13 Å². The summed E-state index contributed by atoms with van der Waals surface area (Å²) in [5.41, 5.74) is 2.97. The molecule has 0 spiro atoms. The molecule has 0 N–H and O–H groups in total. The van der Waals surface area contributed by atoms with Crippen molar-refractivity contribution in [1.29, 1.82) is 5.26 Å². The molecule has 0 radical (unpaired) electrons. The predicted molar refractivity (Wildman–Crippen MR) is 83.0 cm³/mol. The van der Waals surface area contributed by atoms with Crippen LogP contribution in [-0.2, 0) is 19.5 Å². The van der Waals surface area contributed by atoms with Gasteiger partial charge in [0.25, 0.3) is 5.56 Å². The molecule has 22 heavy (non-hydrogen) atoms. The number of nitriles is 1. The first kappa shape index (κ1) is 14.3. The van der Waals surface area contributed by atoms with E-state index in [2.05, 4.69) is 0 Å². The summed E-state index contributed by atoms with van der Waals surface area (Å²) in [5.74, 6) is 0. The van der Waals surface area contributed by atoms with Gasteiger partial charge < -0.3 is 0 Å². The van der Waals surface area contributed by atoms with Crippen molar-refractivity contribution in [3.63, 3.8) is 0 Å². The van der Waals surface area contributed by atoms with Crippen LogP contribution in [0.4, 0.5) is 0 Å². The average Bonchev–Trinajstić information content (AvgIpc) is 2.97. The maximum Gasteiger partial charge on any atom is 0.331 e. The third-order valence-electron chi connectivity index (χ3n) is 4.28. The van der Waals surface area contributed by atoms with E-state index in [-0.39, 0.29) is 17.8 Å². The van der Waals surface area contributed by atoms with E-state index in [1.807, 2.05) is 38.1 Å². The zero-order valence-electron chi connectivity index (χ0n) is 12.7. The summed E-state index contributed by atoms with van der Waals surface area (Å²) < 4.78 is 2.76. The first-order valence-electron chi connectivity index (χ1n) is 7.35. The fraction of sp³-hybridized carbons (Fsp3) is 0.353. The smallest absolute Gasteiger partial charge is 0.296 e. The summed E-state index contributed by atoms with van der Waals surface area (Å²) in [6, 6.07) is 7.94. The fourth-order valence-electron chi connectivity index (χ4n) is 3.03. The number of hydrogen-bond donors (Lipinski definition) is 0. The van der Waals surface area contributed by atoms with Crippen molar-refractivity contribution in [2.75, 3.05) is 0 Å². The zero-order valence-corrected chi connectivity index (χ0v) is 12.7. The van der Waals surface area contributed by atoms with Gasteiger partial charge in [-0.25, -0.2) is 4.79 Å². The van der Waals surface area contributed by atoms with Crippen molar-refractivity contribution in [2.24, 2.45) is 0 Å². The summed E-state index contributed by atoms with van der Waals surface area (Å²) in [7, 11) is 0. The summed E-state index contributed by atoms with van der Waals surface area (Å²) in [6.07, 6.45) is 1.43. The lowest BCUT2D eigenvalue weighted by Crippen LogP contribution is -2.42. The minimum Gasteiger partial charge on any atom is -0.296 e. The molecule has 0 atom stereocenters. The monoisotopic (exact) mass is 295 g/mol. The Bertz CT molecular complexity index is 913. The molecule has 1 aromatic carbocycles. The third kappa shape index (κ3) is 2.17. The van der Waals surface area contributed by atoms with Crippen LogP contribution in [0.2, 0.25) is 0 Å². The topological polar surface area (TPSA) is 67.8 Å². The maximum absolute atomic E-state index is 12.6. The minimum atomic E-state index is -0.471. The van der Waals surface area contributed by atoms with E-state index in [0.29, 0.717) is 18.7 Å². The number of nitrogens with zero attached hydrogens (tertiary/aromatic N) is 3. The molecule has 5 heteroatoms. The van der Waals surface area contributed by atoms with Gasteiger partial charge in [-0.1, -0.05) is 23.8 Å². The second-order valence-corrected chi connectivity index (χ2v) is 5.79. The van der Waals surface area contributed by atoms with E-state index in [4.69, 9.17) is 0 Å². The summed E-state index contributed by atoms with van der Waals surface area (Å²) in [5, 5.41) is 9.28. The van der Waals surface area contributed by atoms with Crippen LogP contribution in [0.25, 0.3) is 0 Å². The van der Waals surface area contributed by atoms with Crippen molar-refractivity contribution in [2.45, 2.75) is 39.8 Å². The molecule has 0 saturated carbocycles. The van der Waals surface area contributed by atoms with Gasteiger partial charge in [0.2, 0.25) is 0 Å². The molecular weight excluding hydrogens is 278 g/mol. The van der Waals surface area contributed by atoms with Crippen LogP contribution in [0, 0.1) is 25.2 Å². The van der Waals surface area contributed by atoms with Crippen LogP contribution in [0.3, 0.4) is 0 Å². The molecule has 1 aliphatic rings. The number of benzene rings is 1. The SMILES string of the molecule is Cc1ccc(C)c(Cn2c(=O)c(C#N)c3n(c2=O)CCC3)c1. The summed E-state index contributed by atoms with van der Waals surface area (Å²) >= 11 is 0. The van der Waals surface area contributed by atoms with Crippen molar-refractivity contribution in [3.8, 4) is 6.07 Å². The number of aryl methyl sites for hydroxylation is 2. The van der Waals surface area contributed by atoms with E-state index in [1.165, 1.54) is 4.57 Å². The zero-order chi connectivity index (χ0) is 15.9. The maximum atomic E-state index is 12.6. The van der Waals surface area contributed by atoms with Crippen molar-refractivity contribution < 1.29 is 0 Å². The highest BCUT2D eigenvalue weighted by molar-refractivity contribution is 5.34. The molecule has 2 aromatic rings. The van der Waals surface area contributed by atoms with Crippen LogP contribution in [0.1, 0.15) is 34.4 Å². The van der Waals surface area contributed by atoms with Crippen molar-refractivity contribution >= 4 is 0 Å². The molecule has 1 aromatic heterocycles. The Morgan fingerprint density at radius 2 is 2.05 bits per heavy atom. The van der Waals surface area contributed by atoms with Gasteiger partial charge in [0.15, 0.2) is 0 Å². The fourth-order valence-corrected chi connectivity index (χ4v) is 3.03. The molecule has 0 bridgehead atoms. The highest BCUT2D eigenvalue weighted by Crippen LogP contribution is 2.15. The molecule has 0 saturated heterocycles. The second-order valence-electron chi connectivity index (χ2n) is 5.79. The molecule has 5 nitrogen and oxygen atoms in total. The minimum absolute atomic E-state index is 0.113. The summed E-state index contributed by atoms with van der Waals surface area (Å²) in [4.78, 5) is 25.1. The van der Waals surface area contributed by atoms with Crippen molar-refractivity contribution in [3.05, 3.63) is 67.0 Å². The van der Waals surface area contributed by atoms with Gasteiger partial charge in [-0.05, 0) is 37.8 Å². The van der Waals surface area contributed by atoms with Gasteiger partial charge in [-0.15, -0.1) is 0 Å². The van der Waals surface area contributed by atoms with Crippen LogP contribution < -0.4 is 11.2 Å². The van der Waals surface area contributed by atoms with E-state index < -0.39 is 5.56 Å². The number of rotatable bonds is 2. The Kier molecular flexibility index (Phi) is 3.45. The van der Waals surface area contributed by atoms with E-state index in [1.54, 1.807) is 4.57 Å². The molecule has 0 amide bonds. The Hall–Kier alpha value is -2.61. The van der Waals surface area contributed by atoms with Crippen LogP contribution >= 0.6 is 0 Å². The van der Waals surface area contributed by atoms with E-state index in [9.17, 15) is 14.9 Å². The Morgan fingerprint density at radius 1 is 1.27 bits per heavy atom.